The highest BCUT2D eigenvalue weighted by molar-refractivity contribution is 6.40. The molecular formula is C17H20F2N6O. The second-order valence-electron chi connectivity index (χ2n) is 7.07. The SMILES string of the molecule is C/C(=N/O)C(=N)Cn1ncc2c(N3CCC(F)(F)C3)nc(C3CC3)cc21. The second-order valence-corrected chi connectivity index (χ2v) is 7.07. The van der Waals surface area contributed by atoms with Crippen LogP contribution in [0.5, 0.6) is 0 Å². The molecule has 1 aliphatic carbocycles. The Morgan fingerprint density at radius 1 is 1.46 bits per heavy atom. The van der Waals surface area contributed by atoms with Gasteiger partial charge < -0.3 is 15.5 Å². The predicted molar refractivity (Wildman–Crippen MR) is 93.9 cm³/mol. The molecule has 1 saturated heterocycles. The predicted octanol–water partition coefficient (Wildman–Crippen LogP) is 3.02. The standard InChI is InChI=1S/C17H20F2N6O/c1-10(23-26)13(20)8-25-15-6-14(11-2-3-11)22-16(12(15)7-21-25)24-5-4-17(18,19)9-24/h6-7,11,20,26H,2-5,8-9H2,1H3/b20-13?,23-10-. The molecule has 7 nitrogen and oxygen atoms in total. The highest BCUT2D eigenvalue weighted by Gasteiger charge is 2.40. The summed E-state index contributed by atoms with van der Waals surface area (Å²) in [6.45, 7) is 1.62. The quantitative estimate of drug-likeness (QED) is 0.486. The number of nitrogens with one attached hydrogen (secondary N) is 1. The zero-order chi connectivity index (χ0) is 18.5. The number of halogens is 2. The number of pyridine rings is 1. The van der Waals surface area contributed by atoms with Gasteiger partial charge in [-0.3, -0.25) is 4.68 Å². The maximum absolute atomic E-state index is 13.7. The van der Waals surface area contributed by atoms with E-state index < -0.39 is 5.92 Å². The number of anilines is 1. The number of hydrogen-bond donors (Lipinski definition) is 2. The summed E-state index contributed by atoms with van der Waals surface area (Å²) >= 11 is 0. The van der Waals surface area contributed by atoms with Crippen LogP contribution >= 0.6 is 0 Å². The van der Waals surface area contributed by atoms with Gasteiger partial charge in [0.2, 0.25) is 0 Å². The normalized spacial score (nSPS) is 20.1. The van der Waals surface area contributed by atoms with Crippen molar-refractivity contribution in [3.05, 3.63) is 18.0 Å². The zero-order valence-corrected chi connectivity index (χ0v) is 14.4. The van der Waals surface area contributed by atoms with Gasteiger partial charge in [0.15, 0.2) is 0 Å². The molecule has 26 heavy (non-hydrogen) atoms. The van der Waals surface area contributed by atoms with Gasteiger partial charge >= 0.3 is 0 Å². The minimum Gasteiger partial charge on any atom is -0.411 e. The molecule has 0 amide bonds. The summed E-state index contributed by atoms with van der Waals surface area (Å²) in [6, 6.07) is 1.94. The molecule has 1 saturated carbocycles. The van der Waals surface area contributed by atoms with Crippen molar-refractivity contribution >= 4 is 28.1 Å². The van der Waals surface area contributed by atoms with E-state index in [9.17, 15) is 8.78 Å². The number of rotatable bonds is 5. The molecule has 2 N–H and O–H groups in total. The van der Waals surface area contributed by atoms with Crippen molar-refractivity contribution in [1.29, 1.82) is 5.41 Å². The molecule has 0 spiro atoms. The Morgan fingerprint density at radius 3 is 2.85 bits per heavy atom. The van der Waals surface area contributed by atoms with Crippen LogP contribution in [0.4, 0.5) is 14.6 Å². The Labute approximate surface area is 148 Å². The summed E-state index contributed by atoms with van der Waals surface area (Å²) in [5.41, 5.74) is 2.01. The van der Waals surface area contributed by atoms with Crippen molar-refractivity contribution < 1.29 is 14.0 Å². The molecule has 0 bridgehead atoms. The number of fused-ring (bicyclic) bond motifs is 1. The van der Waals surface area contributed by atoms with Crippen molar-refractivity contribution in [2.75, 3.05) is 18.0 Å². The largest absolute Gasteiger partial charge is 0.411 e. The lowest BCUT2D eigenvalue weighted by molar-refractivity contribution is 0.0257. The Balaban J connectivity index is 1.76. The molecule has 3 heterocycles. The molecule has 0 radical (unpaired) electrons. The number of alkyl halides is 2. The first-order valence-corrected chi connectivity index (χ1v) is 8.63. The van der Waals surface area contributed by atoms with E-state index in [2.05, 4.69) is 15.2 Å². The first-order valence-electron chi connectivity index (χ1n) is 8.63. The molecule has 2 aliphatic rings. The third kappa shape index (κ3) is 3.02. The van der Waals surface area contributed by atoms with Crippen LogP contribution in [0.2, 0.25) is 0 Å². The van der Waals surface area contributed by atoms with E-state index in [4.69, 9.17) is 10.6 Å². The summed E-state index contributed by atoms with van der Waals surface area (Å²) in [6.07, 6.45) is 3.54. The van der Waals surface area contributed by atoms with Gasteiger partial charge in [0.1, 0.15) is 5.82 Å². The lowest BCUT2D eigenvalue weighted by Gasteiger charge is -2.19. The van der Waals surface area contributed by atoms with E-state index in [0.717, 1.165) is 24.1 Å². The van der Waals surface area contributed by atoms with Crippen molar-refractivity contribution in [3.8, 4) is 0 Å². The second kappa shape index (κ2) is 6.00. The number of nitrogens with zero attached hydrogens (tertiary/aromatic N) is 5. The fourth-order valence-electron chi connectivity index (χ4n) is 3.27. The Bertz CT molecular complexity index is 902. The average Bonchev–Trinajstić information content (AvgIpc) is 3.30. The van der Waals surface area contributed by atoms with Crippen molar-refractivity contribution in [2.24, 2.45) is 5.16 Å². The van der Waals surface area contributed by atoms with E-state index in [1.54, 1.807) is 22.7 Å². The summed E-state index contributed by atoms with van der Waals surface area (Å²) in [5.74, 6) is -1.78. The van der Waals surface area contributed by atoms with Crippen LogP contribution in [-0.2, 0) is 6.54 Å². The van der Waals surface area contributed by atoms with Crippen molar-refractivity contribution in [3.63, 3.8) is 0 Å². The van der Waals surface area contributed by atoms with E-state index in [0.29, 0.717) is 17.1 Å². The van der Waals surface area contributed by atoms with E-state index >= 15 is 0 Å². The smallest absolute Gasteiger partial charge is 0.266 e. The van der Waals surface area contributed by atoms with Gasteiger partial charge in [-0.1, -0.05) is 5.16 Å². The summed E-state index contributed by atoms with van der Waals surface area (Å²) in [7, 11) is 0. The van der Waals surface area contributed by atoms with E-state index in [1.165, 1.54) is 0 Å². The van der Waals surface area contributed by atoms with Gasteiger partial charge in [-0.05, 0) is 25.8 Å². The molecule has 0 unspecified atom stereocenters. The van der Waals surface area contributed by atoms with Crippen LogP contribution < -0.4 is 4.90 Å². The number of hydrogen-bond acceptors (Lipinski definition) is 6. The van der Waals surface area contributed by atoms with E-state index in [-0.39, 0.29) is 37.5 Å². The summed E-state index contributed by atoms with van der Waals surface area (Å²) in [4.78, 5) is 6.31. The van der Waals surface area contributed by atoms with Gasteiger partial charge in [-0.2, -0.15) is 5.10 Å². The molecule has 2 aromatic heterocycles. The summed E-state index contributed by atoms with van der Waals surface area (Å²) < 4.78 is 29.0. The monoisotopic (exact) mass is 362 g/mol. The fourth-order valence-corrected chi connectivity index (χ4v) is 3.27. The third-order valence-electron chi connectivity index (χ3n) is 5.00. The fraction of sp³-hybridized carbons (Fsp3) is 0.529. The topological polar surface area (TPSA) is 90.4 Å². The molecule has 0 aromatic carbocycles. The lowest BCUT2D eigenvalue weighted by atomic mass is 10.2. The maximum atomic E-state index is 13.7. The highest BCUT2D eigenvalue weighted by Crippen LogP contribution is 2.42. The van der Waals surface area contributed by atoms with Crippen LogP contribution in [-0.4, -0.2) is 50.4 Å². The Morgan fingerprint density at radius 2 is 2.23 bits per heavy atom. The lowest BCUT2D eigenvalue weighted by Crippen LogP contribution is -2.26. The number of aromatic nitrogens is 3. The molecule has 1 aliphatic heterocycles. The van der Waals surface area contributed by atoms with Crippen LogP contribution in [0.1, 0.15) is 37.8 Å². The van der Waals surface area contributed by atoms with Crippen LogP contribution in [0.3, 0.4) is 0 Å². The molecule has 0 atom stereocenters. The van der Waals surface area contributed by atoms with Crippen LogP contribution in [0, 0.1) is 5.41 Å². The molecule has 2 aromatic rings. The van der Waals surface area contributed by atoms with Gasteiger partial charge in [-0.15, -0.1) is 0 Å². The Kier molecular flexibility index (Phi) is 3.89. The third-order valence-corrected chi connectivity index (χ3v) is 5.00. The highest BCUT2D eigenvalue weighted by atomic mass is 19.3. The first-order chi connectivity index (χ1) is 12.4. The molecule has 4 rings (SSSR count). The average molecular weight is 362 g/mol. The minimum atomic E-state index is -2.70. The first kappa shape index (κ1) is 16.9. The van der Waals surface area contributed by atoms with Crippen LogP contribution in [0.15, 0.2) is 17.4 Å². The maximum Gasteiger partial charge on any atom is 0.266 e. The molecule has 2 fully saturated rings. The Hall–Kier alpha value is -2.58. The van der Waals surface area contributed by atoms with Crippen molar-refractivity contribution in [2.45, 2.75) is 44.6 Å². The zero-order valence-electron chi connectivity index (χ0n) is 14.4. The number of oxime groups is 1. The minimum absolute atomic E-state index is 0.136. The van der Waals surface area contributed by atoms with Gasteiger partial charge in [0, 0.05) is 24.6 Å². The van der Waals surface area contributed by atoms with Crippen LogP contribution in [0.25, 0.3) is 10.9 Å². The van der Waals surface area contributed by atoms with Gasteiger partial charge in [0.05, 0.1) is 41.6 Å². The molecule has 138 valence electrons. The molecule has 9 heteroatoms. The van der Waals surface area contributed by atoms with E-state index in [1.807, 2.05) is 6.07 Å². The van der Waals surface area contributed by atoms with Crippen molar-refractivity contribution in [1.82, 2.24) is 14.8 Å². The van der Waals surface area contributed by atoms with Gasteiger partial charge in [-0.25, -0.2) is 13.8 Å². The van der Waals surface area contributed by atoms with Gasteiger partial charge in [0.25, 0.3) is 5.92 Å². The summed E-state index contributed by atoms with van der Waals surface area (Å²) in [5, 5.41) is 24.9. The molecular weight excluding hydrogens is 342 g/mol.